The van der Waals surface area contributed by atoms with E-state index >= 15 is 0 Å². The van der Waals surface area contributed by atoms with Gasteiger partial charge in [0.05, 0.1) is 6.61 Å². The van der Waals surface area contributed by atoms with Gasteiger partial charge in [0.2, 0.25) is 5.91 Å². The number of amides is 1. The number of hydrogen-bond acceptors (Lipinski definition) is 2. The highest BCUT2D eigenvalue weighted by Gasteiger charge is 2.03. The van der Waals surface area contributed by atoms with Gasteiger partial charge in [0.15, 0.2) is 0 Å². The first-order valence-electron chi connectivity index (χ1n) is 6.57. The molecule has 0 aliphatic carbocycles. The molecule has 0 unspecified atom stereocenters. The van der Waals surface area contributed by atoms with Gasteiger partial charge in [-0.3, -0.25) is 4.79 Å². The number of hydrogen-bond donors (Lipinski definition) is 1. The topological polar surface area (TPSA) is 38.3 Å². The molecule has 21 heavy (non-hydrogen) atoms. The Morgan fingerprint density at radius 2 is 1.95 bits per heavy atom. The van der Waals surface area contributed by atoms with Gasteiger partial charge >= 0.3 is 0 Å². The van der Waals surface area contributed by atoms with Crippen molar-refractivity contribution in [3.63, 3.8) is 0 Å². The third-order valence-electron chi connectivity index (χ3n) is 2.74. The van der Waals surface area contributed by atoms with Gasteiger partial charge in [0.25, 0.3) is 0 Å². The predicted molar refractivity (Wildman–Crippen MR) is 83.9 cm³/mol. The number of anilines is 1. The van der Waals surface area contributed by atoms with E-state index in [9.17, 15) is 9.18 Å². The van der Waals surface area contributed by atoms with Crippen molar-refractivity contribution in [3.05, 3.63) is 58.8 Å². The van der Waals surface area contributed by atoms with Crippen LogP contribution in [0.1, 0.15) is 12.8 Å². The number of halogens is 2. The monoisotopic (exact) mass is 351 g/mol. The molecule has 110 valence electrons. The Morgan fingerprint density at radius 1 is 1.19 bits per heavy atom. The Kier molecular flexibility index (Phi) is 5.75. The number of ether oxygens (including phenoxy) is 1. The van der Waals surface area contributed by atoms with Gasteiger partial charge in [-0.1, -0.05) is 22.0 Å². The Labute approximate surface area is 131 Å². The molecule has 0 saturated heterocycles. The van der Waals surface area contributed by atoms with Crippen LogP contribution in [0.25, 0.3) is 0 Å². The van der Waals surface area contributed by atoms with Crippen LogP contribution >= 0.6 is 15.9 Å². The Bertz CT molecular complexity index is 601. The molecule has 0 heterocycles. The molecule has 2 aromatic carbocycles. The summed E-state index contributed by atoms with van der Waals surface area (Å²) in [5, 5.41) is 2.65. The smallest absolute Gasteiger partial charge is 0.224 e. The second-order valence-corrected chi connectivity index (χ2v) is 5.38. The minimum absolute atomic E-state index is 0.153. The van der Waals surface area contributed by atoms with Crippen molar-refractivity contribution in [1.29, 1.82) is 0 Å². The van der Waals surface area contributed by atoms with E-state index in [1.807, 2.05) is 24.3 Å². The van der Waals surface area contributed by atoms with Crippen molar-refractivity contribution < 1.29 is 13.9 Å². The van der Waals surface area contributed by atoms with Crippen molar-refractivity contribution >= 4 is 27.5 Å². The molecule has 0 bridgehead atoms. The molecule has 2 aromatic rings. The Morgan fingerprint density at radius 3 is 2.67 bits per heavy atom. The zero-order chi connectivity index (χ0) is 15.1. The molecular weight excluding hydrogens is 337 g/mol. The van der Waals surface area contributed by atoms with E-state index in [-0.39, 0.29) is 11.7 Å². The SMILES string of the molecule is O=C(CCCOc1ccc(Br)cc1)Nc1cccc(F)c1. The number of carbonyl (C=O) groups is 1. The lowest BCUT2D eigenvalue weighted by Crippen LogP contribution is -2.12. The fraction of sp³-hybridized carbons (Fsp3) is 0.188. The molecule has 1 N–H and O–H groups in total. The van der Waals surface area contributed by atoms with E-state index in [1.54, 1.807) is 12.1 Å². The zero-order valence-corrected chi connectivity index (χ0v) is 12.9. The van der Waals surface area contributed by atoms with Gasteiger partial charge < -0.3 is 10.1 Å². The van der Waals surface area contributed by atoms with Gasteiger partial charge in [-0.05, 0) is 48.9 Å². The van der Waals surface area contributed by atoms with Crippen LogP contribution in [0.3, 0.4) is 0 Å². The van der Waals surface area contributed by atoms with Crippen molar-refractivity contribution in [1.82, 2.24) is 0 Å². The number of nitrogens with one attached hydrogen (secondary N) is 1. The van der Waals surface area contributed by atoms with E-state index in [1.165, 1.54) is 12.1 Å². The van der Waals surface area contributed by atoms with E-state index in [0.29, 0.717) is 25.1 Å². The zero-order valence-electron chi connectivity index (χ0n) is 11.3. The molecule has 5 heteroatoms. The molecule has 0 spiro atoms. The first-order valence-corrected chi connectivity index (χ1v) is 7.36. The van der Waals surface area contributed by atoms with Crippen LogP contribution in [-0.2, 0) is 4.79 Å². The van der Waals surface area contributed by atoms with E-state index in [4.69, 9.17) is 4.74 Å². The molecule has 0 aliphatic heterocycles. The van der Waals surface area contributed by atoms with E-state index in [0.717, 1.165) is 10.2 Å². The first-order chi connectivity index (χ1) is 10.1. The number of carbonyl (C=O) groups excluding carboxylic acids is 1. The molecule has 0 atom stereocenters. The second kappa shape index (κ2) is 7.78. The average molecular weight is 352 g/mol. The van der Waals surface area contributed by atoms with Gasteiger partial charge in [-0.2, -0.15) is 0 Å². The van der Waals surface area contributed by atoms with Crippen molar-refractivity contribution in [2.45, 2.75) is 12.8 Å². The molecule has 0 radical (unpaired) electrons. The fourth-order valence-electron chi connectivity index (χ4n) is 1.74. The summed E-state index contributed by atoms with van der Waals surface area (Å²) in [6.07, 6.45) is 0.921. The first kappa shape index (κ1) is 15.5. The molecule has 3 nitrogen and oxygen atoms in total. The van der Waals surface area contributed by atoms with Crippen molar-refractivity contribution in [2.75, 3.05) is 11.9 Å². The van der Waals surface area contributed by atoms with Crippen molar-refractivity contribution in [3.8, 4) is 5.75 Å². The van der Waals surface area contributed by atoms with Crippen LogP contribution in [0.15, 0.2) is 53.0 Å². The quantitative estimate of drug-likeness (QED) is 0.784. The molecule has 0 aromatic heterocycles. The van der Waals surface area contributed by atoms with Crippen LogP contribution in [0.5, 0.6) is 5.75 Å². The maximum atomic E-state index is 13.0. The lowest BCUT2D eigenvalue weighted by molar-refractivity contribution is -0.116. The maximum absolute atomic E-state index is 13.0. The van der Waals surface area contributed by atoms with E-state index in [2.05, 4.69) is 21.2 Å². The van der Waals surface area contributed by atoms with Crippen LogP contribution in [0.2, 0.25) is 0 Å². The number of benzene rings is 2. The average Bonchev–Trinajstić information content (AvgIpc) is 2.45. The molecule has 0 saturated carbocycles. The van der Waals surface area contributed by atoms with Crippen molar-refractivity contribution in [2.24, 2.45) is 0 Å². The maximum Gasteiger partial charge on any atom is 0.224 e. The predicted octanol–water partition coefficient (Wildman–Crippen LogP) is 4.39. The molecule has 1 amide bonds. The van der Waals surface area contributed by atoms with Gasteiger partial charge in [-0.25, -0.2) is 4.39 Å². The highest BCUT2D eigenvalue weighted by atomic mass is 79.9. The largest absolute Gasteiger partial charge is 0.494 e. The highest BCUT2D eigenvalue weighted by Crippen LogP contribution is 2.16. The summed E-state index contributed by atoms with van der Waals surface area (Å²) >= 11 is 3.35. The summed E-state index contributed by atoms with van der Waals surface area (Å²) in [6.45, 7) is 0.457. The van der Waals surface area contributed by atoms with Gasteiger partial charge in [0.1, 0.15) is 11.6 Å². The fourth-order valence-corrected chi connectivity index (χ4v) is 2.01. The Balaban J connectivity index is 1.68. The normalized spacial score (nSPS) is 10.2. The van der Waals surface area contributed by atoms with Crippen LogP contribution in [-0.4, -0.2) is 12.5 Å². The minimum atomic E-state index is -0.369. The Hall–Kier alpha value is -1.88. The molecular formula is C16H15BrFNO2. The summed E-state index contributed by atoms with van der Waals surface area (Å²) in [4.78, 5) is 11.7. The van der Waals surface area contributed by atoms with Crippen LogP contribution in [0.4, 0.5) is 10.1 Å². The van der Waals surface area contributed by atoms with Gasteiger partial charge in [0, 0.05) is 16.6 Å². The third-order valence-corrected chi connectivity index (χ3v) is 3.27. The lowest BCUT2D eigenvalue weighted by Gasteiger charge is -2.07. The lowest BCUT2D eigenvalue weighted by atomic mass is 10.2. The summed E-state index contributed by atoms with van der Waals surface area (Å²) in [7, 11) is 0. The standard InChI is InChI=1S/C16H15BrFNO2/c17-12-6-8-15(9-7-12)21-10-2-5-16(20)19-14-4-1-3-13(18)11-14/h1,3-4,6-9,11H,2,5,10H2,(H,19,20). The number of rotatable bonds is 6. The summed E-state index contributed by atoms with van der Waals surface area (Å²) in [6, 6.07) is 13.3. The highest BCUT2D eigenvalue weighted by molar-refractivity contribution is 9.10. The molecule has 2 rings (SSSR count). The molecule has 0 fully saturated rings. The summed E-state index contributed by atoms with van der Waals surface area (Å²) in [5.41, 5.74) is 0.467. The van der Waals surface area contributed by atoms with Crippen LogP contribution < -0.4 is 10.1 Å². The third kappa shape index (κ3) is 5.55. The minimum Gasteiger partial charge on any atom is -0.494 e. The van der Waals surface area contributed by atoms with Crippen LogP contribution in [0, 0.1) is 5.82 Å². The summed E-state index contributed by atoms with van der Waals surface area (Å²) in [5.74, 6) is 0.245. The van der Waals surface area contributed by atoms with E-state index < -0.39 is 0 Å². The van der Waals surface area contributed by atoms with Gasteiger partial charge in [-0.15, -0.1) is 0 Å². The molecule has 0 aliphatic rings. The second-order valence-electron chi connectivity index (χ2n) is 4.46. The summed E-state index contributed by atoms with van der Waals surface area (Å²) < 4.78 is 19.5.